The Bertz CT molecular complexity index is 1030. The van der Waals surface area contributed by atoms with Crippen LogP contribution < -0.4 is 5.56 Å². The second kappa shape index (κ2) is 6.17. The molecule has 1 aromatic carbocycles. The quantitative estimate of drug-likeness (QED) is 0.783. The number of H-pyrrole nitrogens is 1. The second-order valence-corrected chi connectivity index (χ2v) is 8.92. The van der Waals surface area contributed by atoms with Gasteiger partial charge in [0.25, 0.3) is 11.5 Å². The fourth-order valence-corrected chi connectivity index (χ4v) is 5.99. The first kappa shape index (κ1) is 17.2. The third-order valence-electron chi connectivity index (χ3n) is 5.26. The van der Waals surface area contributed by atoms with Crippen LogP contribution in [0.2, 0.25) is 0 Å². The van der Waals surface area contributed by atoms with E-state index in [0.717, 1.165) is 6.54 Å². The van der Waals surface area contributed by atoms with Crippen molar-refractivity contribution in [3.05, 3.63) is 40.3 Å². The molecule has 9 heteroatoms. The molecule has 2 aliphatic rings. The van der Waals surface area contributed by atoms with Crippen LogP contribution in [0, 0.1) is 0 Å². The fourth-order valence-electron chi connectivity index (χ4n) is 3.98. The number of rotatable bonds is 2. The molecule has 0 aliphatic carbocycles. The smallest absolute Gasteiger partial charge is 0.280 e. The van der Waals surface area contributed by atoms with Crippen molar-refractivity contribution in [2.24, 2.45) is 0 Å². The van der Waals surface area contributed by atoms with Gasteiger partial charge in [0.1, 0.15) is 0 Å². The summed E-state index contributed by atoms with van der Waals surface area (Å²) >= 11 is 0. The minimum atomic E-state index is -3.21. The number of amides is 1. The second-order valence-electron chi connectivity index (χ2n) is 6.77. The van der Waals surface area contributed by atoms with E-state index < -0.39 is 27.3 Å². The molecular weight excluding hydrogens is 356 g/mol. The lowest BCUT2D eigenvalue weighted by Gasteiger charge is -2.43. The molecule has 0 bridgehead atoms. The lowest BCUT2D eigenvalue weighted by molar-refractivity contribution is 0.0343. The van der Waals surface area contributed by atoms with Crippen molar-refractivity contribution in [1.29, 1.82) is 0 Å². The van der Waals surface area contributed by atoms with Gasteiger partial charge in [-0.2, -0.15) is 0 Å². The Morgan fingerprint density at radius 2 is 1.96 bits per heavy atom. The molecule has 26 heavy (non-hydrogen) atoms. The summed E-state index contributed by atoms with van der Waals surface area (Å²) in [6, 6.07) is 6.34. The first-order chi connectivity index (χ1) is 12.4. The first-order valence-corrected chi connectivity index (χ1v) is 10.5. The van der Waals surface area contributed by atoms with Crippen molar-refractivity contribution in [1.82, 2.24) is 19.8 Å². The van der Waals surface area contributed by atoms with Gasteiger partial charge in [-0.25, -0.2) is 13.4 Å². The fraction of sp³-hybridized carbons (Fsp3) is 0.471. The van der Waals surface area contributed by atoms with Gasteiger partial charge in [-0.05, 0) is 18.7 Å². The molecule has 1 aromatic heterocycles. The van der Waals surface area contributed by atoms with Crippen LogP contribution in [0.15, 0.2) is 29.1 Å². The van der Waals surface area contributed by atoms with Gasteiger partial charge in [-0.15, -0.1) is 0 Å². The number of aromatic nitrogens is 2. The van der Waals surface area contributed by atoms with E-state index in [1.54, 1.807) is 24.3 Å². The number of carbonyl (C=O) groups is 1. The van der Waals surface area contributed by atoms with E-state index in [-0.39, 0.29) is 23.2 Å². The monoisotopic (exact) mass is 376 g/mol. The van der Waals surface area contributed by atoms with E-state index in [1.165, 1.54) is 4.90 Å². The summed E-state index contributed by atoms with van der Waals surface area (Å²) < 4.78 is 24.3. The summed E-state index contributed by atoms with van der Waals surface area (Å²) in [4.78, 5) is 35.9. The number of likely N-dealkylation sites (N-methyl/N-ethyl adjacent to an activating group) is 1. The SMILES string of the molecule is CCN1CCN(C(=O)c2nc3ccccc3[nH]c2=O)[C@@H]2CS(=O)(=O)C[C@@H]21. The molecule has 2 saturated heterocycles. The average molecular weight is 376 g/mol. The van der Waals surface area contributed by atoms with Crippen molar-refractivity contribution in [2.75, 3.05) is 31.1 Å². The van der Waals surface area contributed by atoms with Gasteiger partial charge in [-0.1, -0.05) is 19.1 Å². The number of carbonyl (C=O) groups excluding carboxylic acids is 1. The van der Waals surface area contributed by atoms with E-state index in [0.29, 0.717) is 24.1 Å². The highest BCUT2D eigenvalue weighted by molar-refractivity contribution is 7.91. The summed E-state index contributed by atoms with van der Waals surface area (Å²) in [7, 11) is -3.21. The number of hydrogen-bond acceptors (Lipinski definition) is 6. The number of nitrogens with one attached hydrogen (secondary N) is 1. The van der Waals surface area contributed by atoms with Crippen molar-refractivity contribution in [3.63, 3.8) is 0 Å². The highest BCUT2D eigenvalue weighted by Gasteiger charge is 2.48. The molecule has 1 N–H and O–H groups in total. The Balaban J connectivity index is 1.72. The Hall–Kier alpha value is -2.26. The summed E-state index contributed by atoms with van der Waals surface area (Å²) in [5, 5.41) is 0. The average Bonchev–Trinajstić information content (AvgIpc) is 2.94. The van der Waals surface area contributed by atoms with Crippen molar-refractivity contribution >= 4 is 26.8 Å². The van der Waals surface area contributed by atoms with Crippen LogP contribution in [0.25, 0.3) is 11.0 Å². The third-order valence-corrected chi connectivity index (χ3v) is 6.96. The lowest BCUT2D eigenvalue weighted by atomic mass is 10.0. The highest BCUT2D eigenvalue weighted by Crippen LogP contribution is 2.27. The maximum Gasteiger partial charge on any atom is 0.280 e. The lowest BCUT2D eigenvalue weighted by Crippen LogP contribution is -2.61. The Kier molecular flexibility index (Phi) is 4.07. The van der Waals surface area contributed by atoms with Crippen LogP contribution in [0.5, 0.6) is 0 Å². The van der Waals surface area contributed by atoms with E-state index in [9.17, 15) is 18.0 Å². The summed E-state index contributed by atoms with van der Waals surface area (Å²) in [5.74, 6) is -0.512. The molecule has 0 saturated carbocycles. The van der Waals surface area contributed by atoms with E-state index >= 15 is 0 Å². The molecule has 4 rings (SSSR count). The molecule has 8 nitrogen and oxygen atoms in total. The predicted molar refractivity (Wildman–Crippen MR) is 96.9 cm³/mol. The standard InChI is InChI=1S/C17H20N4O4S/c1-2-20-7-8-21(14-10-26(24,25)9-13(14)20)17(23)15-16(22)19-12-6-4-3-5-11(12)18-15/h3-6,13-14H,2,7-10H2,1H3,(H,19,22)/t13-,14+/m0/s1. The predicted octanol–water partition coefficient (Wildman–Crippen LogP) is -0.134. The molecule has 3 heterocycles. The van der Waals surface area contributed by atoms with Gasteiger partial charge in [0.2, 0.25) is 0 Å². The van der Waals surface area contributed by atoms with Crippen LogP contribution in [0.4, 0.5) is 0 Å². The first-order valence-electron chi connectivity index (χ1n) is 8.64. The van der Waals surface area contributed by atoms with Crippen molar-refractivity contribution in [2.45, 2.75) is 19.0 Å². The number of para-hydroxylation sites is 2. The van der Waals surface area contributed by atoms with E-state index in [1.807, 2.05) is 6.92 Å². The summed E-state index contributed by atoms with van der Waals surface area (Å²) in [6.45, 7) is 3.68. The number of benzene rings is 1. The maximum absolute atomic E-state index is 13.0. The minimum absolute atomic E-state index is 0.0524. The number of aromatic amines is 1. The van der Waals surface area contributed by atoms with Crippen molar-refractivity contribution < 1.29 is 13.2 Å². The number of fused-ring (bicyclic) bond motifs is 2. The summed E-state index contributed by atoms with van der Waals surface area (Å²) in [6.07, 6.45) is 0. The Morgan fingerprint density at radius 3 is 2.73 bits per heavy atom. The van der Waals surface area contributed by atoms with Gasteiger partial charge in [-0.3, -0.25) is 14.5 Å². The molecule has 0 unspecified atom stereocenters. The largest absolute Gasteiger partial charge is 0.330 e. The molecule has 0 spiro atoms. The molecule has 2 aromatic rings. The molecule has 0 radical (unpaired) electrons. The Labute approximate surface area is 150 Å². The van der Waals surface area contributed by atoms with Crippen LogP contribution in [0.3, 0.4) is 0 Å². The zero-order valence-electron chi connectivity index (χ0n) is 14.4. The molecule has 1 amide bonds. The van der Waals surface area contributed by atoms with E-state index in [2.05, 4.69) is 14.9 Å². The molecule has 2 atom stereocenters. The third kappa shape index (κ3) is 2.80. The highest BCUT2D eigenvalue weighted by atomic mass is 32.2. The normalized spacial score (nSPS) is 25.3. The molecule has 138 valence electrons. The molecular formula is C17H20N4O4S. The zero-order chi connectivity index (χ0) is 18.5. The van der Waals surface area contributed by atoms with Crippen LogP contribution in [-0.2, 0) is 9.84 Å². The van der Waals surface area contributed by atoms with Gasteiger partial charge >= 0.3 is 0 Å². The van der Waals surface area contributed by atoms with Crippen molar-refractivity contribution in [3.8, 4) is 0 Å². The van der Waals surface area contributed by atoms with Crippen LogP contribution >= 0.6 is 0 Å². The van der Waals surface area contributed by atoms with Gasteiger partial charge in [0, 0.05) is 19.1 Å². The molecule has 2 aliphatic heterocycles. The zero-order valence-corrected chi connectivity index (χ0v) is 15.2. The van der Waals surface area contributed by atoms with Gasteiger partial charge < -0.3 is 9.88 Å². The summed E-state index contributed by atoms with van der Waals surface area (Å²) in [5.41, 5.74) is 0.352. The number of piperazine rings is 1. The van der Waals surface area contributed by atoms with E-state index in [4.69, 9.17) is 0 Å². The Morgan fingerprint density at radius 1 is 1.23 bits per heavy atom. The van der Waals surface area contributed by atoms with Gasteiger partial charge in [0.05, 0.1) is 28.6 Å². The number of nitrogens with zero attached hydrogens (tertiary/aromatic N) is 3. The molecule has 2 fully saturated rings. The van der Waals surface area contributed by atoms with Gasteiger partial charge in [0.15, 0.2) is 15.5 Å². The van der Waals surface area contributed by atoms with Crippen LogP contribution in [-0.4, -0.2) is 77.3 Å². The van der Waals surface area contributed by atoms with Crippen LogP contribution in [0.1, 0.15) is 17.4 Å². The minimum Gasteiger partial charge on any atom is -0.330 e. The number of sulfone groups is 1. The maximum atomic E-state index is 13.0. The number of hydrogen-bond donors (Lipinski definition) is 1. The topological polar surface area (TPSA) is 103 Å².